The van der Waals surface area contributed by atoms with Crippen LogP contribution in [0.3, 0.4) is 0 Å². The number of aryl methyl sites for hydroxylation is 2. The molecule has 0 aliphatic heterocycles. The molecule has 2 rings (SSSR count). The van der Waals surface area contributed by atoms with Crippen LogP contribution in [0.2, 0.25) is 0 Å². The van der Waals surface area contributed by atoms with Crippen LogP contribution in [0, 0.1) is 5.92 Å². The van der Waals surface area contributed by atoms with E-state index in [0.717, 1.165) is 25.1 Å². The SMILES string of the molecule is CCCC[C@H](CC)CNC(=O)[C@H](C)Oc1ccc2c(c1)CCCC2. The average Bonchev–Trinajstić information content (AvgIpc) is 2.61. The second kappa shape index (κ2) is 9.71. The molecule has 0 saturated heterocycles. The molecule has 1 amide bonds. The summed E-state index contributed by atoms with van der Waals surface area (Å²) >= 11 is 0. The standard InChI is InChI=1S/C21H33NO2/c1-4-6-9-17(5-2)15-22-21(23)16(3)24-20-13-12-18-10-7-8-11-19(18)14-20/h12-14,16-17H,4-11,15H2,1-3H3,(H,22,23)/t16-,17-/m0/s1. The van der Waals surface area contributed by atoms with Gasteiger partial charge in [0, 0.05) is 6.54 Å². The van der Waals surface area contributed by atoms with Crippen LogP contribution in [0.25, 0.3) is 0 Å². The van der Waals surface area contributed by atoms with E-state index in [1.54, 1.807) is 0 Å². The molecule has 2 atom stereocenters. The highest BCUT2D eigenvalue weighted by Crippen LogP contribution is 2.25. The predicted molar refractivity (Wildman–Crippen MR) is 99.5 cm³/mol. The Labute approximate surface area is 147 Å². The Hall–Kier alpha value is -1.51. The third kappa shape index (κ3) is 5.54. The molecular weight excluding hydrogens is 298 g/mol. The van der Waals surface area contributed by atoms with Gasteiger partial charge in [0.05, 0.1) is 0 Å². The van der Waals surface area contributed by atoms with E-state index in [2.05, 4.69) is 31.3 Å². The average molecular weight is 332 g/mol. The van der Waals surface area contributed by atoms with Crippen LogP contribution in [0.15, 0.2) is 18.2 Å². The van der Waals surface area contributed by atoms with E-state index in [1.807, 2.05) is 13.0 Å². The van der Waals surface area contributed by atoms with Gasteiger partial charge < -0.3 is 10.1 Å². The molecule has 0 unspecified atom stereocenters. The van der Waals surface area contributed by atoms with Crippen molar-refractivity contribution >= 4 is 5.91 Å². The first-order valence-electron chi connectivity index (χ1n) is 9.70. The summed E-state index contributed by atoms with van der Waals surface area (Å²) in [4.78, 5) is 12.3. The number of unbranched alkanes of at least 4 members (excludes halogenated alkanes) is 1. The summed E-state index contributed by atoms with van der Waals surface area (Å²) in [5.41, 5.74) is 2.82. The van der Waals surface area contributed by atoms with Crippen molar-refractivity contribution in [2.75, 3.05) is 6.54 Å². The molecule has 0 saturated carbocycles. The number of hydrogen-bond acceptors (Lipinski definition) is 2. The fraction of sp³-hybridized carbons (Fsp3) is 0.667. The summed E-state index contributed by atoms with van der Waals surface area (Å²) in [5.74, 6) is 1.38. The van der Waals surface area contributed by atoms with E-state index in [9.17, 15) is 4.79 Å². The molecule has 0 aromatic heterocycles. The number of hydrogen-bond donors (Lipinski definition) is 1. The van der Waals surface area contributed by atoms with E-state index in [4.69, 9.17) is 4.74 Å². The van der Waals surface area contributed by atoms with Crippen LogP contribution in [0.5, 0.6) is 5.75 Å². The maximum atomic E-state index is 12.3. The number of benzene rings is 1. The summed E-state index contributed by atoms with van der Waals surface area (Å²) in [5, 5.41) is 3.06. The summed E-state index contributed by atoms with van der Waals surface area (Å²) < 4.78 is 5.88. The molecular formula is C21H33NO2. The van der Waals surface area contributed by atoms with Crippen LogP contribution in [-0.4, -0.2) is 18.6 Å². The summed E-state index contributed by atoms with van der Waals surface area (Å²) in [6, 6.07) is 6.28. The van der Waals surface area contributed by atoms with Crippen LogP contribution in [0.4, 0.5) is 0 Å². The topological polar surface area (TPSA) is 38.3 Å². The van der Waals surface area contributed by atoms with Gasteiger partial charge in [-0.3, -0.25) is 4.79 Å². The Kier molecular flexibility index (Phi) is 7.61. The molecule has 0 bridgehead atoms. The lowest BCUT2D eigenvalue weighted by molar-refractivity contribution is -0.127. The van der Waals surface area contributed by atoms with Crippen LogP contribution in [-0.2, 0) is 17.6 Å². The number of rotatable bonds is 9. The van der Waals surface area contributed by atoms with Gasteiger partial charge in [0.15, 0.2) is 6.10 Å². The quantitative estimate of drug-likeness (QED) is 0.714. The largest absolute Gasteiger partial charge is 0.481 e. The third-order valence-electron chi connectivity index (χ3n) is 5.11. The number of carbonyl (C=O) groups excluding carboxylic acids is 1. The Morgan fingerprint density at radius 3 is 2.67 bits per heavy atom. The van der Waals surface area contributed by atoms with E-state index in [0.29, 0.717) is 5.92 Å². The fourth-order valence-corrected chi connectivity index (χ4v) is 3.37. The molecule has 1 aliphatic rings. The zero-order valence-corrected chi connectivity index (χ0v) is 15.6. The molecule has 3 heteroatoms. The van der Waals surface area contributed by atoms with Gasteiger partial charge in [-0.2, -0.15) is 0 Å². The van der Waals surface area contributed by atoms with Crippen molar-refractivity contribution in [3.63, 3.8) is 0 Å². The summed E-state index contributed by atoms with van der Waals surface area (Å²) in [6.45, 7) is 6.99. The first-order valence-corrected chi connectivity index (χ1v) is 9.70. The molecule has 1 aromatic carbocycles. The minimum absolute atomic E-state index is 0.0114. The van der Waals surface area contributed by atoms with Gasteiger partial charge in [-0.25, -0.2) is 0 Å². The Morgan fingerprint density at radius 2 is 1.96 bits per heavy atom. The van der Waals surface area contributed by atoms with Crippen LogP contribution < -0.4 is 10.1 Å². The molecule has 3 nitrogen and oxygen atoms in total. The number of carbonyl (C=O) groups is 1. The van der Waals surface area contributed by atoms with E-state index < -0.39 is 6.10 Å². The maximum absolute atomic E-state index is 12.3. The number of nitrogens with one attached hydrogen (secondary N) is 1. The summed E-state index contributed by atoms with van der Waals surface area (Å²) in [6.07, 6.45) is 9.12. The van der Waals surface area contributed by atoms with Crippen molar-refractivity contribution in [2.24, 2.45) is 5.92 Å². The molecule has 0 spiro atoms. The molecule has 1 N–H and O–H groups in total. The number of fused-ring (bicyclic) bond motifs is 1. The highest BCUT2D eigenvalue weighted by molar-refractivity contribution is 5.80. The second-order valence-corrected chi connectivity index (χ2v) is 7.06. The van der Waals surface area contributed by atoms with Gasteiger partial charge in [0.25, 0.3) is 5.91 Å². The zero-order valence-electron chi connectivity index (χ0n) is 15.6. The number of amides is 1. The van der Waals surface area contributed by atoms with Gasteiger partial charge in [-0.1, -0.05) is 39.2 Å². The summed E-state index contributed by atoms with van der Waals surface area (Å²) in [7, 11) is 0. The monoisotopic (exact) mass is 331 g/mol. The fourth-order valence-electron chi connectivity index (χ4n) is 3.37. The van der Waals surface area contributed by atoms with Crippen molar-refractivity contribution in [1.29, 1.82) is 0 Å². The van der Waals surface area contributed by atoms with Crippen LogP contribution in [0.1, 0.15) is 70.4 Å². The molecule has 24 heavy (non-hydrogen) atoms. The van der Waals surface area contributed by atoms with Gasteiger partial charge in [-0.15, -0.1) is 0 Å². The molecule has 0 heterocycles. The lowest BCUT2D eigenvalue weighted by Crippen LogP contribution is -2.38. The van der Waals surface area contributed by atoms with Gasteiger partial charge in [0.2, 0.25) is 0 Å². The highest BCUT2D eigenvalue weighted by atomic mass is 16.5. The van der Waals surface area contributed by atoms with Gasteiger partial charge in [0.1, 0.15) is 5.75 Å². The smallest absolute Gasteiger partial charge is 0.260 e. The maximum Gasteiger partial charge on any atom is 0.260 e. The van der Waals surface area contributed by atoms with Crippen molar-refractivity contribution in [2.45, 2.75) is 78.2 Å². The van der Waals surface area contributed by atoms with E-state index in [-0.39, 0.29) is 5.91 Å². The predicted octanol–water partition coefficient (Wildman–Crippen LogP) is 4.67. The molecule has 0 fully saturated rings. The molecule has 1 aliphatic carbocycles. The Bertz CT molecular complexity index is 527. The Morgan fingerprint density at radius 1 is 1.21 bits per heavy atom. The minimum atomic E-state index is -0.449. The van der Waals surface area contributed by atoms with E-state index in [1.165, 1.54) is 49.7 Å². The van der Waals surface area contributed by atoms with Crippen molar-refractivity contribution in [3.8, 4) is 5.75 Å². The van der Waals surface area contributed by atoms with Gasteiger partial charge in [-0.05, 0) is 68.2 Å². The third-order valence-corrected chi connectivity index (χ3v) is 5.11. The molecule has 1 aromatic rings. The van der Waals surface area contributed by atoms with Gasteiger partial charge >= 0.3 is 0 Å². The molecule has 0 radical (unpaired) electrons. The Balaban J connectivity index is 1.82. The van der Waals surface area contributed by atoms with Crippen LogP contribution >= 0.6 is 0 Å². The highest BCUT2D eigenvalue weighted by Gasteiger charge is 2.17. The normalized spacial score (nSPS) is 16.1. The minimum Gasteiger partial charge on any atom is -0.481 e. The zero-order chi connectivity index (χ0) is 17.4. The lowest BCUT2D eigenvalue weighted by atomic mass is 9.92. The lowest BCUT2D eigenvalue weighted by Gasteiger charge is -2.20. The van der Waals surface area contributed by atoms with Crippen molar-refractivity contribution in [3.05, 3.63) is 29.3 Å². The first kappa shape index (κ1) is 18.8. The molecule has 134 valence electrons. The number of ether oxygens (including phenoxy) is 1. The first-order chi connectivity index (χ1) is 11.6. The van der Waals surface area contributed by atoms with Crippen molar-refractivity contribution in [1.82, 2.24) is 5.32 Å². The van der Waals surface area contributed by atoms with E-state index >= 15 is 0 Å². The second-order valence-electron chi connectivity index (χ2n) is 7.06. The van der Waals surface area contributed by atoms with Crippen molar-refractivity contribution < 1.29 is 9.53 Å².